The Bertz CT molecular complexity index is 714. The van der Waals surface area contributed by atoms with Gasteiger partial charge in [0.1, 0.15) is 0 Å². The van der Waals surface area contributed by atoms with Crippen molar-refractivity contribution in [3.63, 3.8) is 0 Å². The number of thioether (sulfide) groups is 1. The maximum Gasteiger partial charge on any atom is 0.251 e. The van der Waals surface area contributed by atoms with Crippen LogP contribution in [0.1, 0.15) is 30.6 Å². The van der Waals surface area contributed by atoms with Gasteiger partial charge in [-0.2, -0.15) is 4.73 Å². The average molecular weight is 344 g/mol. The molecule has 0 saturated heterocycles. The molecular formula is C18H20N2O3S. The van der Waals surface area contributed by atoms with Crippen LogP contribution in [0.25, 0.3) is 0 Å². The van der Waals surface area contributed by atoms with Crippen LogP contribution in [-0.2, 0) is 4.79 Å². The number of pyridine rings is 1. The van der Waals surface area contributed by atoms with Gasteiger partial charge in [0, 0.05) is 29.8 Å². The molecule has 0 aliphatic heterocycles. The molecule has 2 aromatic rings. The van der Waals surface area contributed by atoms with Gasteiger partial charge in [0.2, 0.25) is 5.91 Å². The van der Waals surface area contributed by atoms with Crippen molar-refractivity contribution < 1.29 is 14.3 Å². The van der Waals surface area contributed by atoms with Crippen molar-refractivity contribution >= 4 is 29.1 Å². The normalized spacial score (nSPS) is 10.6. The smallest absolute Gasteiger partial charge is 0.251 e. The lowest BCUT2D eigenvalue weighted by molar-refractivity contribution is -0.645. The molecule has 6 heteroatoms. The van der Waals surface area contributed by atoms with E-state index in [0.717, 1.165) is 4.73 Å². The van der Waals surface area contributed by atoms with Gasteiger partial charge >= 0.3 is 0 Å². The van der Waals surface area contributed by atoms with Gasteiger partial charge in [-0.15, -0.1) is 0 Å². The number of benzene rings is 1. The van der Waals surface area contributed by atoms with Gasteiger partial charge in [-0.3, -0.25) is 9.59 Å². The van der Waals surface area contributed by atoms with Crippen LogP contribution in [0, 0.1) is 11.1 Å². The Hall–Kier alpha value is -2.34. The first kappa shape index (κ1) is 18.0. The summed E-state index contributed by atoms with van der Waals surface area (Å²) >= 11 is 1.20. The summed E-state index contributed by atoms with van der Waals surface area (Å²) in [5.41, 5.74) is 1.23. The minimum atomic E-state index is -0.0658. The lowest BCUT2D eigenvalue weighted by atomic mass is 10.1. The molecule has 0 aliphatic rings. The number of amides is 1. The third kappa shape index (κ3) is 5.38. The van der Waals surface area contributed by atoms with E-state index in [1.54, 1.807) is 42.5 Å². The fourth-order valence-corrected chi connectivity index (χ4v) is 2.88. The fraction of sp³-hybridized carbons (Fsp3) is 0.278. The van der Waals surface area contributed by atoms with Gasteiger partial charge in [0.15, 0.2) is 12.0 Å². The van der Waals surface area contributed by atoms with E-state index < -0.39 is 0 Å². The highest BCUT2D eigenvalue weighted by molar-refractivity contribution is 7.99. The van der Waals surface area contributed by atoms with Crippen LogP contribution in [0.4, 0.5) is 5.69 Å². The maximum absolute atomic E-state index is 12.2. The highest BCUT2D eigenvalue weighted by Gasteiger charge is 2.11. The number of anilines is 1. The zero-order chi connectivity index (χ0) is 17.5. The predicted octanol–water partition coefficient (Wildman–Crippen LogP) is 3.28. The van der Waals surface area contributed by atoms with Crippen molar-refractivity contribution in [3.05, 3.63) is 59.4 Å². The van der Waals surface area contributed by atoms with Crippen molar-refractivity contribution in [3.8, 4) is 0 Å². The first-order valence-electron chi connectivity index (χ1n) is 7.70. The molecule has 0 fully saturated rings. The Morgan fingerprint density at radius 1 is 1.17 bits per heavy atom. The predicted molar refractivity (Wildman–Crippen MR) is 95.0 cm³/mol. The van der Waals surface area contributed by atoms with E-state index in [0.29, 0.717) is 28.6 Å². The molecule has 0 saturated carbocycles. The molecule has 0 aliphatic carbocycles. The van der Waals surface area contributed by atoms with Crippen LogP contribution >= 0.6 is 11.8 Å². The molecule has 1 N–H and O–H groups in total. The number of nitrogens with one attached hydrogen (secondary N) is 1. The minimum Gasteiger partial charge on any atom is -0.618 e. The number of rotatable bonds is 7. The SMILES string of the molecule is CC(C)CC(=O)Nc1ccc(C(=O)CSc2cccc[n+]2[O-])cc1. The average Bonchev–Trinajstić information content (AvgIpc) is 2.53. The lowest BCUT2D eigenvalue weighted by Crippen LogP contribution is -2.28. The zero-order valence-corrected chi connectivity index (χ0v) is 14.5. The topological polar surface area (TPSA) is 73.1 Å². The first-order chi connectivity index (χ1) is 11.5. The molecule has 1 heterocycles. The Kier molecular flexibility index (Phi) is 6.37. The fourth-order valence-electron chi connectivity index (χ4n) is 2.07. The third-order valence-corrected chi connectivity index (χ3v) is 4.24. The van der Waals surface area contributed by atoms with Crippen LogP contribution in [0.2, 0.25) is 0 Å². The second kappa shape index (κ2) is 8.49. The van der Waals surface area contributed by atoms with Gasteiger partial charge in [-0.25, -0.2) is 0 Å². The molecule has 0 radical (unpaired) electrons. The van der Waals surface area contributed by atoms with Crippen molar-refractivity contribution in [2.75, 3.05) is 11.1 Å². The molecule has 0 bridgehead atoms. The van der Waals surface area contributed by atoms with Crippen molar-refractivity contribution in [1.82, 2.24) is 0 Å². The van der Waals surface area contributed by atoms with Crippen LogP contribution in [0.5, 0.6) is 0 Å². The van der Waals surface area contributed by atoms with E-state index in [1.807, 2.05) is 13.8 Å². The van der Waals surface area contributed by atoms with E-state index in [4.69, 9.17) is 0 Å². The minimum absolute atomic E-state index is 0.0382. The van der Waals surface area contributed by atoms with Gasteiger partial charge in [-0.1, -0.05) is 13.8 Å². The summed E-state index contributed by atoms with van der Waals surface area (Å²) in [6.45, 7) is 3.97. The van der Waals surface area contributed by atoms with Crippen molar-refractivity contribution in [2.24, 2.45) is 5.92 Å². The summed E-state index contributed by atoms with van der Waals surface area (Å²) in [7, 11) is 0. The summed E-state index contributed by atoms with van der Waals surface area (Å²) in [5.74, 6) is 0.378. The summed E-state index contributed by atoms with van der Waals surface area (Å²) in [5, 5.41) is 14.8. The number of carbonyl (C=O) groups excluding carboxylic acids is 2. The van der Waals surface area contributed by atoms with Crippen LogP contribution < -0.4 is 10.0 Å². The number of Topliss-reactive ketones (excluding diaryl/α,β-unsaturated/α-hetero) is 1. The number of nitrogens with zero attached hydrogens (tertiary/aromatic N) is 1. The Balaban J connectivity index is 1.91. The highest BCUT2D eigenvalue weighted by Crippen LogP contribution is 2.17. The zero-order valence-electron chi connectivity index (χ0n) is 13.7. The molecule has 1 amide bonds. The lowest BCUT2D eigenvalue weighted by Gasteiger charge is -2.08. The summed E-state index contributed by atoms with van der Waals surface area (Å²) < 4.78 is 0.741. The quantitative estimate of drug-likeness (QED) is 0.362. The third-order valence-electron chi connectivity index (χ3n) is 3.22. The molecule has 24 heavy (non-hydrogen) atoms. The van der Waals surface area contributed by atoms with Crippen molar-refractivity contribution in [2.45, 2.75) is 25.3 Å². The van der Waals surface area contributed by atoms with Gasteiger partial charge in [0.25, 0.3) is 5.03 Å². The molecule has 0 unspecified atom stereocenters. The number of ketones is 1. The number of carbonyl (C=O) groups is 2. The van der Waals surface area contributed by atoms with E-state index in [2.05, 4.69) is 5.32 Å². The number of hydrogen-bond donors (Lipinski definition) is 1. The summed E-state index contributed by atoms with van der Waals surface area (Å²) in [6.07, 6.45) is 1.87. The van der Waals surface area contributed by atoms with Crippen molar-refractivity contribution in [1.29, 1.82) is 0 Å². The van der Waals surface area contributed by atoms with E-state index in [9.17, 15) is 14.8 Å². The van der Waals surface area contributed by atoms with Gasteiger partial charge in [0.05, 0.1) is 5.75 Å². The molecule has 126 valence electrons. The standard InChI is InChI=1S/C18H20N2O3S/c1-13(2)11-17(22)19-15-8-6-14(7-9-15)16(21)12-24-18-5-3-4-10-20(18)23/h3-10,13H,11-12H2,1-2H3,(H,19,22). The molecule has 5 nitrogen and oxygen atoms in total. The molecule has 2 rings (SSSR count). The summed E-state index contributed by atoms with van der Waals surface area (Å²) in [6, 6.07) is 11.9. The van der Waals surface area contributed by atoms with E-state index >= 15 is 0 Å². The highest BCUT2D eigenvalue weighted by atomic mass is 32.2. The van der Waals surface area contributed by atoms with E-state index in [1.165, 1.54) is 18.0 Å². The largest absolute Gasteiger partial charge is 0.618 e. The number of hydrogen-bond acceptors (Lipinski definition) is 4. The maximum atomic E-state index is 12.2. The molecule has 1 aromatic carbocycles. The Morgan fingerprint density at radius 2 is 1.88 bits per heavy atom. The van der Waals surface area contributed by atoms with Crippen LogP contribution in [-0.4, -0.2) is 17.4 Å². The van der Waals surface area contributed by atoms with Crippen LogP contribution in [0.3, 0.4) is 0 Å². The summed E-state index contributed by atoms with van der Waals surface area (Å²) in [4.78, 5) is 23.9. The molecular weight excluding hydrogens is 324 g/mol. The Morgan fingerprint density at radius 3 is 2.50 bits per heavy atom. The molecule has 0 spiro atoms. The van der Waals surface area contributed by atoms with Crippen LogP contribution in [0.15, 0.2) is 53.7 Å². The second-order valence-corrected chi connectivity index (χ2v) is 6.80. The van der Waals surface area contributed by atoms with Gasteiger partial charge in [-0.05, 0) is 48.0 Å². The first-order valence-corrected chi connectivity index (χ1v) is 8.68. The van der Waals surface area contributed by atoms with Gasteiger partial charge < -0.3 is 10.5 Å². The molecule has 1 aromatic heterocycles. The Labute approximate surface area is 145 Å². The number of aromatic nitrogens is 1. The molecule has 0 atom stereocenters. The second-order valence-electron chi connectivity index (χ2n) is 5.80. The van der Waals surface area contributed by atoms with E-state index in [-0.39, 0.29) is 17.4 Å². The monoisotopic (exact) mass is 344 g/mol.